The number of piperidine rings is 1. The van der Waals surface area contributed by atoms with Gasteiger partial charge in [0.25, 0.3) is 0 Å². The van der Waals surface area contributed by atoms with Crippen LogP contribution in [0.25, 0.3) is 0 Å². The maximum absolute atomic E-state index is 12.4. The first-order valence-electron chi connectivity index (χ1n) is 8.96. The number of nitrogens with one attached hydrogen (secondary N) is 1. The summed E-state index contributed by atoms with van der Waals surface area (Å²) in [5.74, 6) is -0.397. The van der Waals surface area contributed by atoms with E-state index in [0.29, 0.717) is 32.7 Å². The third-order valence-corrected chi connectivity index (χ3v) is 4.40. The number of carboxylic acid groups (broad SMARTS) is 1. The second-order valence-electron chi connectivity index (χ2n) is 6.78. The highest BCUT2D eigenvalue weighted by molar-refractivity contribution is 5.76. The van der Waals surface area contributed by atoms with Crippen LogP contribution in [0.15, 0.2) is 24.3 Å². The number of hydrogen-bond donors (Lipinski definition) is 2. The Balaban J connectivity index is 1.83. The minimum atomic E-state index is -0.840. The number of nitrogens with zero attached hydrogens (tertiary/aromatic N) is 1. The Bertz CT molecular complexity index is 607. The minimum absolute atomic E-state index is 0.180. The van der Waals surface area contributed by atoms with Gasteiger partial charge in [0, 0.05) is 39.8 Å². The van der Waals surface area contributed by atoms with E-state index in [1.54, 1.807) is 12.0 Å². The zero-order chi connectivity index (χ0) is 18.9. The molecule has 0 bridgehead atoms. The molecule has 0 saturated carbocycles. The number of aliphatic carboxylic acids is 1. The number of ether oxygens (including phenoxy) is 2. The van der Waals surface area contributed by atoms with Crippen molar-refractivity contribution >= 4 is 12.0 Å². The van der Waals surface area contributed by atoms with Crippen molar-refractivity contribution in [1.29, 1.82) is 0 Å². The average molecular weight is 364 g/mol. The molecule has 2 amide bonds. The third-order valence-electron chi connectivity index (χ3n) is 4.40. The summed E-state index contributed by atoms with van der Waals surface area (Å²) < 4.78 is 10.6. The van der Waals surface area contributed by atoms with E-state index in [-0.39, 0.29) is 18.5 Å². The number of carbonyl (C=O) groups is 2. The summed E-state index contributed by atoms with van der Waals surface area (Å²) >= 11 is 0. The summed E-state index contributed by atoms with van der Waals surface area (Å²) in [6, 6.07) is 7.35. The van der Waals surface area contributed by atoms with Crippen LogP contribution < -0.4 is 10.1 Å². The highest BCUT2D eigenvalue weighted by Crippen LogP contribution is 2.22. The van der Waals surface area contributed by atoms with E-state index in [1.807, 2.05) is 31.2 Å². The number of methoxy groups -OCH3 is 1. The lowest BCUT2D eigenvalue weighted by Gasteiger charge is -2.34. The van der Waals surface area contributed by atoms with Gasteiger partial charge in [-0.25, -0.2) is 4.79 Å². The number of likely N-dealkylation sites (tertiary alicyclic amines) is 1. The van der Waals surface area contributed by atoms with Gasteiger partial charge in [-0.1, -0.05) is 19.1 Å². The van der Waals surface area contributed by atoms with E-state index in [4.69, 9.17) is 9.47 Å². The Hall–Kier alpha value is -2.28. The molecule has 2 unspecified atom stereocenters. The average Bonchev–Trinajstić information content (AvgIpc) is 2.63. The van der Waals surface area contributed by atoms with Gasteiger partial charge in [-0.05, 0) is 30.0 Å². The van der Waals surface area contributed by atoms with E-state index < -0.39 is 11.9 Å². The van der Waals surface area contributed by atoms with Crippen LogP contribution in [0.3, 0.4) is 0 Å². The summed E-state index contributed by atoms with van der Waals surface area (Å²) in [6.45, 7) is 4.41. The van der Waals surface area contributed by atoms with Gasteiger partial charge in [-0.2, -0.15) is 0 Å². The van der Waals surface area contributed by atoms with Gasteiger partial charge in [0.05, 0.1) is 12.5 Å². The van der Waals surface area contributed by atoms with Crippen molar-refractivity contribution < 1.29 is 24.2 Å². The summed E-state index contributed by atoms with van der Waals surface area (Å²) in [6.07, 6.45) is 1.43. The van der Waals surface area contributed by atoms with Crippen molar-refractivity contribution in [3.63, 3.8) is 0 Å². The first-order chi connectivity index (χ1) is 12.5. The number of rotatable bonds is 8. The standard InChI is InChI=1S/C19H28N2O5/c1-14-9-16(18(22)23)13-21(12-14)19(24)20-11-15-5-3-6-17(10-15)26-8-4-7-25-2/h3,5-6,10,14,16H,4,7-9,11-13H2,1-2H3,(H,20,24)(H,22,23). The molecule has 0 spiro atoms. The molecule has 7 heteroatoms. The summed E-state index contributed by atoms with van der Waals surface area (Å²) in [5, 5.41) is 12.1. The topological polar surface area (TPSA) is 88.1 Å². The molecule has 1 saturated heterocycles. The molecular formula is C19H28N2O5. The van der Waals surface area contributed by atoms with Crippen LogP contribution in [0.5, 0.6) is 5.75 Å². The Kier molecular flexibility index (Phi) is 7.72. The normalized spacial score (nSPS) is 19.8. The Morgan fingerprint density at radius 3 is 2.85 bits per heavy atom. The summed E-state index contributed by atoms with van der Waals surface area (Å²) in [5.41, 5.74) is 0.933. The van der Waals surface area contributed by atoms with Gasteiger partial charge in [0.15, 0.2) is 0 Å². The van der Waals surface area contributed by atoms with Crippen LogP contribution in [0.2, 0.25) is 0 Å². The van der Waals surface area contributed by atoms with E-state index in [1.165, 1.54) is 0 Å². The molecule has 2 atom stereocenters. The molecular weight excluding hydrogens is 336 g/mol. The van der Waals surface area contributed by atoms with Crippen molar-refractivity contribution in [3.8, 4) is 5.75 Å². The van der Waals surface area contributed by atoms with Crippen molar-refractivity contribution in [1.82, 2.24) is 10.2 Å². The number of benzene rings is 1. The molecule has 1 aromatic rings. The van der Waals surface area contributed by atoms with Crippen LogP contribution in [-0.2, 0) is 16.1 Å². The first kappa shape index (κ1) is 20.0. The van der Waals surface area contributed by atoms with Crippen LogP contribution in [0, 0.1) is 11.8 Å². The quantitative estimate of drug-likeness (QED) is 0.692. The lowest BCUT2D eigenvalue weighted by molar-refractivity contribution is -0.143. The van der Waals surface area contributed by atoms with Gasteiger partial charge in [-0.15, -0.1) is 0 Å². The zero-order valence-electron chi connectivity index (χ0n) is 15.4. The largest absolute Gasteiger partial charge is 0.493 e. The van der Waals surface area contributed by atoms with Crippen LogP contribution in [0.1, 0.15) is 25.3 Å². The fraction of sp³-hybridized carbons (Fsp3) is 0.579. The van der Waals surface area contributed by atoms with Crippen molar-refractivity contribution in [3.05, 3.63) is 29.8 Å². The van der Waals surface area contributed by atoms with Crippen molar-refractivity contribution in [2.24, 2.45) is 11.8 Å². The minimum Gasteiger partial charge on any atom is -0.493 e. The van der Waals surface area contributed by atoms with E-state index in [9.17, 15) is 14.7 Å². The van der Waals surface area contributed by atoms with E-state index >= 15 is 0 Å². The molecule has 7 nitrogen and oxygen atoms in total. The number of amides is 2. The molecule has 1 aliphatic heterocycles. The summed E-state index contributed by atoms with van der Waals surface area (Å²) in [4.78, 5) is 25.2. The lowest BCUT2D eigenvalue weighted by atomic mass is 9.91. The first-order valence-corrected chi connectivity index (χ1v) is 8.96. The second kappa shape index (κ2) is 10.0. The van der Waals surface area contributed by atoms with Gasteiger partial charge in [-0.3, -0.25) is 4.79 Å². The Morgan fingerprint density at radius 1 is 1.31 bits per heavy atom. The SMILES string of the molecule is COCCCOc1cccc(CNC(=O)N2CC(C)CC(C(=O)O)C2)c1. The van der Waals surface area contributed by atoms with Crippen molar-refractivity contribution in [2.45, 2.75) is 26.3 Å². The maximum atomic E-state index is 12.4. The van der Waals surface area contributed by atoms with Crippen LogP contribution in [0.4, 0.5) is 4.79 Å². The zero-order valence-corrected chi connectivity index (χ0v) is 15.4. The Morgan fingerprint density at radius 2 is 2.12 bits per heavy atom. The molecule has 1 aliphatic rings. The Labute approximate surface area is 154 Å². The molecule has 1 heterocycles. The highest BCUT2D eigenvalue weighted by Gasteiger charge is 2.31. The number of carbonyl (C=O) groups excluding carboxylic acids is 1. The highest BCUT2D eigenvalue weighted by atomic mass is 16.5. The van der Waals surface area contributed by atoms with Crippen molar-refractivity contribution in [2.75, 3.05) is 33.4 Å². The van der Waals surface area contributed by atoms with Crippen LogP contribution >= 0.6 is 0 Å². The van der Waals surface area contributed by atoms with E-state index in [2.05, 4.69) is 5.32 Å². The number of urea groups is 1. The molecule has 1 fully saturated rings. The molecule has 1 aromatic carbocycles. The van der Waals surface area contributed by atoms with Gasteiger partial charge in [0.1, 0.15) is 5.75 Å². The van der Waals surface area contributed by atoms with Gasteiger partial charge >= 0.3 is 12.0 Å². The molecule has 2 N–H and O–H groups in total. The monoisotopic (exact) mass is 364 g/mol. The second-order valence-corrected chi connectivity index (χ2v) is 6.78. The summed E-state index contributed by atoms with van der Waals surface area (Å²) in [7, 11) is 1.66. The van der Waals surface area contributed by atoms with E-state index in [0.717, 1.165) is 17.7 Å². The number of carboxylic acids is 1. The predicted octanol–water partition coefficient (Wildman–Crippen LogP) is 2.35. The predicted molar refractivity (Wildman–Crippen MR) is 97.1 cm³/mol. The molecule has 144 valence electrons. The molecule has 26 heavy (non-hydrogen) atoms. The molecule has 0 aromatic heterocycles. The fourth-order valence-electron chi connectivity index (χ4n) is 3.12. The fourth-order valence-corrected chi connectivity index (χ4v) is 3.12. The smallest absolute Gasteiger partial charge is 0.317 e. The van der Waals surface area contributed by atoms with Gasteiger partial charge in [0.2, 0.25) is 0 Å². The number of hydrogen-bond acceptors (Lipinski definition) is 4. The maximum Gasteiger partial charge on any atom is 0.317 e. The van der Waals surface area contributed by atoms with Gasteiger partial charge < -0.3 is 24.8 Å². The molecule has 2 rings (SSSR count). The lowest BCUT2D eigenvalue weighted by Crippen LogP contribution is -2.49. The third kappa shape index (κ3) is 6.22. The molecule has 0 aliphatic carbocycles. The van der Waals surface area contributed by atoms with Crippen LogP contribution in [-0.4, -0.2) is 55.4 Å². The molecule has 0 radical (unpaired) electrons.